The van der Waals surface area contributed by atoms with Gasteiger partial charge in [-0.05, 0) is 23.3 Å². The molecule has 4 rings (SSSR count). The van der Waals surface area contributed by atoms with Crippen LogP contribution in [0, 0.1) is 0 Å². The number of imidazole rings is 1. The van der Waals surface area contributed by atoms with E-state index in [1.54, 1.807) is 35.8 Å². The maximum absolute atomic E-state index is 12.6. The summed E-state index contributed by atoms with van der Waals surface area (Å²) in [5.41, 5.74) is 2.33. The number of amides is 1. The quantitative estimate of drug-likeness (QED) is 0.813. The average molecular weight is 397 g/mol. The predicted molar refractivity (Wildman–Crippen MR) is 105 cm³/mol. The van der Waals surface area contributed by atoms with Gasteiger partial charge in [-0.25, -0.2) is 13.4 Å². The first-order chi connectivity index (χ1) is 13.5. The lowest BCUT2D eigenvalue weighted by Gasteiger charge is -2.28. The summed E-state index contributed by atoms with van der Waals surface area (Å²) in [4.78, 5) is 18.3. The Morgan fingerprint density at radius 1 is 1.18 bits per heavy atom. The van der Waals surface area contributed by atoms with Gasteiger partial charge in [0.1, 0.15) is 0 Å². The van der Waals surface area contributed by atoms with Crippen molar-refractivity contribution in [2.75, 3.05) is 12.3 Å². The standard InChI is InChI=1S/C19H19N5O3S/c25-19(17-2-1-8-24-10-11-28(26,27)22-18(17)24)21-12-15-3-5-16(6-4-15)13-23-9-7-20-14-23/h1-9,14H,10-13H2,(H,21,25). The van der Waals surface area contributed by atoms with Gasteiger partial charge in [-0.2, -0.15) is 0 Å². The minimum absolute atomic E-state index is 0.0544. The molecule has 3 heterocycles. The Kier molecular flexibility index (Phi) is 4.82. The summed E-state index contributed by atoms with van der Waals surface area (Å²) in [6.45, 7) is 1.36. The van der Waals surface area contributed by atoms with E-state index in [0.717, 1.165) is 17.7 Å². The summed E-state index contributed by atoms with van der Waals surface area (Å²) in [6, 6.07) is 7.92. The van der Waals surface area contributed by atoms with Crippen molar-refractivity contribution in [1.29, 1.82) is 0 Å². The lowest BCUT2D eigenvalue weighted by molar-refractivity contribution is -0.117. The zero-order valence-corrected chi connectivity index (χ0v) is 15.8. The number of fused-ring (bicyclic) bond motifs is 1. The molecule has 2 aliphatic heterocycles. The van der Waals surface area contributed by atoms with Crippen LogP contribution in [0.1, 0.15) is 11.1 Å². The highest BCUT2D eigenvalue weighted by Crippen LogP contribution is 2.18. The maximum Gasteiger partial charge on any atom is 0.256 e. The molecule has 28 heavy (non-hydrogen) atoms. The van der Waals surface area contributed by atoms with Crippen molar-refractivity contribution in [3.63, 3.8) is 0 Å². The molecule has 0 radical (unpaired) electrons. The summed E-state index contributed by atoms with van der Waals surface area (Å²) < 4.78 is 29.3. The van der Waals surface area contributed by atoms with Crippen molar-refractivity contribution in [2.45, 2.75) is 13.1 Å². The van der Waals surface area contributed by atoms with Crippen LogP contribution in [-0.4, -0.2) is 46.9 Å². The van der Waals surface area contributed by atoms with Gasteiger partial charge in [-0.15, -0.1) is 4.40 Å². The molecular weight excluding hydrogens is 378 g/mol. The van der Waals surface area contributed by atoms with Gasteiger partial charge in [0.05, 0.1) is 17.7 Å². The molecule has 0 aliphatic carbocycles. The number of allylic oxidation sites excluding steroid dienone is 2. The van der Waals surface area contributed by atoms with Crippen molar-refractivity contribution in [2.24, 2.45) is 4.40 Å². The van der Waals surface area contributed by atoms with Crippen LogP contribution in [0.2, 0.25) is 0 Å². The molecule has 0 fully saturated rings. The van der Waals surface area contributed by atoms with Crippen molar-refractivity contribution < 1.29 is 13.2 Å². The van der Waals surface area contributed by atoms with Crippen LogP contribution in [0.4, 0.5) is 0 Å². The number of rotatable bonds is 5. The second-order valence-corrected chi connectivity index (χ2v) is 8.31. The molecule has 0 atom stereocenters. The van der Waals surface area contributed by atoms with E-state index in [1.165, 1.54) is 0 Å². The summed E-state index contributed by atoms with van der Waals surface area (Å²) in [6.07, 6.45) is 10.4. The molecule has 9 heteroatoms. The molecule has 1 aromatic carbocycles. The minimum atomic E-state index is -3.53. The maximum atomic E-state index is 12.6. The predicted octanol–water partition coefficient (Wildman–Crippen LogP) is 1.05. The van der Waals surface area contributed by atoms with Crippen molar-refractivity contribution in [3.05, 3.63) is 78.0 Å². The van der Waals surface area contributed by atoms with E-state index in [-0.39, 0.29) is 23.1 Å². The monoisotopic (exact) mass is 397 g/mol. The van der Waals surface area contributed by atoms with Gasteiger partial charge in [0.25, 0.3) is 15.9 Å². The van der Waals surface area contributed by atoms with Crippen LogP contribution >= 0.6 is 0 Å². The molecule has 8 nitrogen and oxygen atoms in total. The van der Waals surface area contributed by atoms with Gasteiger partial charge in [0.15, 0.2) is 5.84 Å². The SMILES string of the molecule is O=C(NCc1ccc(Cn2ccnc2)cc1)C1=CC=CN2CCS(=O)(=O)N=C12. The van der Waals surface area contributed by atoms with Crippen LogP contribution in [0.25, 0.3) is 0 Å². The zero-order valence-electron chi connectivity index (χ0n) is 15.0. The highest BCUT2D eigenvalue weighted by Gasteiger charge is 2.29. The molecular formula is C19H19N5O3S. The number of hydrogen-bond acceptors (Lipinski definition) is 5. The number of carbonyl (C=O) groups excluding carboxylic acids is 1. The van der Waals surface area contributed by atoms with Crippen molar-refractivity contribution >= 4 is 21.8 Å². The average Bonchev–Trinajstić information content (AvgIpc) is 3.19. The van der Waals surface area contributed by atoms with E-state index in [0.29, 0.717) is 13.1 Å². The lowest BCUT2D eigenvalue weighted by Crippen LogP contribution is -2.42. The van der Waals surface area contributed by atoms with Gasteiger partial charge in [-0.3, -0.25) is 4.79 Å². The second kappa shape index (κ2) is 7.43. The zero-order chi connectivity index (χ0) is 19.6. The lowest BCUT2D eigenvalue weighted by atomic mass is 10.1. The molecule has 0 unspecified atom stereocenters. The van der Waals surface area contributed by atoms with Crippen molar-refractivity contribution in [3.8, 4) is 0 Å². The largest absolute Gasteiger partial charge is 0.348 e. The third kappa shape index (κ3) is 4.04. The fourth-order valence-corrected chi connectivity index (χ4v) is 4.01. The molecule has 0 saturated carbocycles. The van der Waals surface area contributed by atoms with E-state index >= 15 is 0 Å². The number of benzene rings is 1. The molecule has 1 amide bonds. The van der Waals surface area contributed by atoms with Gasteiger partial charge in [-0.1, -0.05) is 24.3 Å². The number of carbonyl (C=O) groups is 1. The normalized spacial score (nSPS) is 17.5. The smallest absolute Gasteiger partial charge is 0.256 e. The number of aromatic nitrogens is 2. The number of nitrogens with one attached hydrogen (secondary N) is 1. The van der Waals surface area contributed by atoms with Crippen LogP contribution in [-0.2, 0) is 27.9 Å². The van der Waals surface area contributed by atoms with E-state index in [9.17, 15) is 13.2 Å². The summed E-state index contributed by atoms with van der Waals surface area (Å²) >= 11 is 0. The Hall–Kier alpha value is -3.20. The molecule has 144 valence electrons. The third-order valence-electron chi connectivity index (χ3n) is 4.50. The van der Waals surface area contributed by atoms with E-state index in [2.05, 4.69) is 14.7 Å². The molecule has 0 saturated heterocycles. The first kappa shape index (κ1) is 18.2. The highest BCUT2D eigenvalue weighted by atomic mass is 32.2. The third-order valence-corrected chi connectivity index (χ3v) is 5.65. The van der Waals surface area contributed by atoms with Crippen molar-refractivity contribution in [1.82, 2.24) is 19.8 Å². The highest BCUT2D eigenvalue weighted by molar-refractivity contribution is 7.90. The summed E-state index contributed by atoms with van der Waals surface area (Å²) in [5, 5.41) is 2.84. The molecule has 1 N–H and O–H groups in total. The Bertz CT molecular complexity index is 1070. The summed E-state index contributed by atoms with van der Waals surface area (Å²) in [5.74, 6) is -0.226. The number of nitrogens with zero attached hydrogens (tertiary/aromatic N) is 4. The summed E-state index contributed by atoms with van der Waals surface area (Å²) in [7, 11) is -3.53. The molecule has 1 aromatic heterocycles. The first-order valence-electron chi connectivity index (χ1n) is 8.80. The molecule has 2 aliphatic rings. The second-order valence-electron chi connectivity index (χ2n) is 6.55. The Labute approximate surface area is 163 Å². The van der Waals surface area contributed by atoms with Gasteiger partial charge < -0.3 is 14.8 Å². The Morgan fingerprint density at radius 2 is 1.96 bits per heavy atom. The molecule has 0 spiro atoms. The number of hydrogen-bond donors (Lipinski definition) is 1. The molecule has 2 aromatic rings. The fourth-order valence-electron chi connectivity index (χ4n) is 3.02. The van der Waals surface area contributed by atoms with Crippen LogP contribution in [0.15, 0.2) is 71.3 Å². The van der Waals surface area contributed by atoms with E-state index < -0.39 is 10.0 Å². The Morgan fingerprint density at radius 3 is 2.71 bits per heavy atom. The van der Waals surface area contributed by atoms with Gasteiger partial charge in [0, 0.05) is 38.2 Å². The number of amidine groups is 1. The van der Waals surface area contributed by atoms with Gasteiger partial charge >= 0.3 is 0 Å². The topological polar surface area (TPSA) is 96.7 Å². The fraction of sp³-hybridized carbons (Fsp3) is 0.211. The van der Waals surface area contributed by atoms with Crippen LogP contribution in [0.5, 0.6) is 0 Å². The van der Waals surface area contributed by atoms with E-state index in [1.807, 2.05) is 35.0 Å². The molecule has 0 bridgehead atoms. The van der Waals surface area contributed by atoms with E-state index in [4.69, 9.17) is 0 Å². The van der Waals surface area contributed by atoms with Crippen LogP contribution in [0.3, 0.4) is 0 Å². The first-order valence-corrected chi connectivity index (χ1v) is 10.4. The minimum Gasteiger partial charge on any atom is -0.348 e. The Balaban J connectivity index is 1.41. The van der Waals surface area contributed by atoms with Gasteiger partial charge in [0.2, 0.25) is 0 Å². The van der Waals surface area contributed by atoms with Crippen LogP contribution < -0.4 is 5.32 Å². The number of sulfonamides is 1.